The molecule has 2 amide bonds. The van der Waals surface area contributed by atoms with Crippen LogP contribution in [-0.2, 0) is 35.7 Å². The molecule has 0 aromatic heterocycles. The first kappa shape index (κ1) is 20.9. The molecule has 3 fully saturated rings. The molecule has 174 valence electrons. The quantitative estimate of drug-likeness (QED) is 0.724. The highest BCUT2D eigenvalue weighted by Crippen LogP contribution is 2.41. The maximum atomic E-state index is 13.2. The van der Waals surface area contributed by atoms with Crippen molar-refractivity contribution in [2.24, 2.45) is 0 Å². The summed E-state index contributed by atoms with van der Waals surface area (Å²) < 4.78 is 28.8. The number of benzene rings is 1. The zero-order valence-electron chi connectivity index (χ0n) is 18.9. The Bertz CT molecular complexity index is 1000. The molecule has 6 rings (SSSR count). The van der Waals surface area contributed by atoms with Crippen molar-refractivity contribution in [3.63, 3.8) is 0 Å². The van der Waals surface area contributed by atoms with Crippen molar-refractivity contribution in [3.8, 4) is 0 Å². The maximum Gasteiger partial charge on any atom is 0.332 e. The highest BCUT2D eigenvalue weighted by atomic mass is 32.2. The smallest absolute Gasteiger partial charge is 0.307 e. The molecule has 3 aliphatic heterocycles. The van der Waals surface area contributed by atoms with Crippen LogP contribution in [0.25, 0.3) is 0 Å². The summed E-state index contributed by atoms with van der Waals surface area (Å²) in [5, 5.41) is 2.50. The normalized spacial score (nSPS) is 30.1. The molecular formula is C24H34N4O3S. The van der Waals surface area contributed by atoms with Crippen LogP contribution in [0.15, 0.2) is 6.07 Å². The van der Waals surface area contributed by atoms with Crippen LogP contribution < -0.4 is 10.0 Å². The monoisotopic (exact) mass is 458 g/mol. The van der Waals surface area contributed by atoms with Crippen molar-refractivity contribution in [3.05, 3.63) is 28.3 Å². The average Bonchev–Trinajstić information content (AvgIpc) is 3.42. The van der Waals surface area contributed by atoms with Gasteiger partial charge in [-0.25, -0.2) is 17.9 Å². The Kier molecular flexibility index (Phi) is 5.04. The van der Waals surface area contributed by atoms with Crippen LogP contribution in [-0.4, -0.2) is 67.8 Å². The van der Waals surface area contributed by atoms with Gasteiger partial charge >= 0.3 is 6.03 Å². The van der Waals surface area contributed by atoms with E-state index >= 15 is 0 Å². The van der Waals surface area contributed by atoms with Crippen LogP contribution in [0.5, 0.6) is 0 Å². The first-order chi connectivity index (χ1) is 15.4. The van der Waals surface area contributed by atoms with E-state index in [0.29, 0.717) is 31.0 Å². The highest BCUT2D eigenvalue weighted by molar-refractivity contribution is 7.90. The number of anilines is 1. The summed E-state index contributed by atoms with van der Waals surface area (Å²) in [6.45, 7) is 2.16. The zero-order chi connectivity index (χ0) is 22.0. The number of likely N-dealkylation sites (tertiary alicyclic amines) is 1. The Morgan fingerprint density at radius 3 is 2.09 bits per heavy atom. The molecule has 5 aliphatic rings. The van der Waals surface area contributed by atoms with Crippen molar-refractivity contribution in [2.75, 3.05) is 25.5 Å². The summed E-state index contributed by atoms with van der Waals surface area (Å²) in [5.41, 5.74) is 5.98. The summed E-state index contributed by atoms with van der Waals surface area (Å²) in [6.07, 6.45) is 9.65. The standard InChI is InChI=1S/C24H34N4O3S/c1-27-13-19(14-27)28-17-8-9-18(28)12-20(11-17)32(30,31)26-24(29)25-23-21-6-2-4-15(21)10-16-5-3-7-22(16)23/h10,17-20H,2-9,11-14H2,1H3,(H2,25,26,29)/t17-,18+,20?. The zero-order valence-corrected chi connectivity index (χ0v) is 19.7. The van der Waals surface area contributed by atoms with E-state index in [0.717, 1.165) is 70.1 Å². The van der Waals surface area contributed by atoms with E-state index in [1.54, 1.807) is 0 Å². The maximum absolute atomic E-state index is 13.2. The molecule has 3 heterocycles. The number of amides is 2. The largest absolute Gasteiger partial charge is 0.332 e. The number of likely N-dealkylation sites (N-methyl/N-ethyl adjacent to an activating group) is 1. The van der Waals surface area contributed by atoms with E-state index in [9.17, 15) is 13.2 Å². The SMILES string of the molecule is CN1CC(N2[C@@H]3CC[C@H]2CC(S(=O)(=O)NC(=O)Nc2c4c(cc5c2CCC5)CCC4)C3)C1. The highest BCUT2D eigenvalue weighted by Gasteiger charge is 2.49. The van der Waals surface area contributed by atoms with Crippen LogP contribution in [0, 0.1) is 0 Å². The lowest BCUT2D eigenvalue weighted by Crippen LogP contribution is -2.63. The molecule has 2 bridgehead atoms. The molecule has 7 nitrogen and oxygen atoms in total. The minimum Gasteiger partial charge on any atom is -0.307 e. The van der Waals surface area contributed by atoms with Gasteiger partial charge < -0.3 is 10.2 Å². The third kappa shape index (κ3) is 3.46. The second-order valence-corrected chi connectivity index (χ2v) is 12.6. The number of nitrogens with one attached hydrogen (secondary N) is 2. The van der Waals surface area contributed by atoms with E-state index in [-0.39, 0.29) is 0 Å². The number of carbonyl (C=O) groups is 1. The number of hydrogen-bond donors (Lipinski definition) is 2. The van der Waals surface area contributed by atoms with Crippen molar-refractivity contribution >= 4 is 21.7 Å². The van der Waals surface area contributed by atoms with Crippen molar-refractivity contribution in [1.29, 1.82) is 0 Å². The Labute approximate surface area is 191 Å². The topological polar surface area (TPSA) is 81.8 Å². The lowest BCUT2D eigenvalue weighted by atomic mass is 9.96. The Hall–Kier alpha value is -1.64. The Morgan fingerprint density at radius 1 is 0.938 bits per heavy atom. The van der Waals surface area contributed by atoms with Crippen LogP contribution in [0.4, 0.5) is 10.5 Å². The minimum atomic E-state index is -3.70. The number of carbonyl (C=O) groups excluding carboxylic acids is 1. The van der Waals surface area contributed by atoms with Crippen molar-refractivity contribution < 1.29 is 13.2 Å². The molecule has 0 spiro atoms. The Morgan fingerprint density at radius 2 is 1.53 bits per heavy atom. The van der Waals surface area contributed by atoms with Gasteiger partial charge in [0.25, 0.3) is 0 Å². The molecule has 32 heavy (non-hydrogen) atoms. The van der Waals surface area contributed by atoms with Gasteiger partial charge in [0, 0.05) is 36.9 Å². The molecule has 3 atom stereocenters. The van der Waals surface area contributed by atoms with Gasteiger partial charge in [0.15, 0.2) is 0 Å². The molecule has 3 saturated heterocycles. The second kappa shape index (κ2) is 7.71. The average molecular weight is 459 g/mol. The summed E-state index contributed by atoms with van der Waals surface area (Å²) in [4.78, 5) is 17.8. The van der Waals surface area contributed by atoms with E-state index in [1.807, 2.05) is 0 Å². The fourth-order valence-corrected chi connectivity index (χ4v) is 8.61. The number of urea groups is 1. The molecule has 1 aromatic rings. The van der Waals surface area contributed by atoms with Crippen LogP contribution in [0.2, 0.25) is 0 Å². The summed E-state index contributed by atoms with van der Waals surface area (Å²) in [5.74, 6) is 0. The molecular weight excluding hydrogens is 424 g/mol. The minimum absolute atomic E-state index is 0.331. The third-order valence-corrected chi connectivity index (χ3v) is 10.3. The van der Waals surface area contributed by atoms with E-state index in [1.165, 1.54) is 22.3 Å². The van der Waals surface area contributed by atoms with Gasteiger partial charge in [-0.15, -0.1) is 0 Å². The van der Waals surface area contributed by atoms with Gasteiger partial charge in [-0.1, -0.05) is 6.07 Å². The van der Waals surface area contributed by atoms with Gasteiger partial charge in [0.05, 0.1) is 5.25 Å². The van der Waals surface area contributed by atoms with Gasteiger partial charge in [0.1, 0.15) is 0 Å². The molecule has 1 aromatic carbocycles. The number of hydrogen-bond acceptors (Lipinski definition) is 5. The number of sulfonamides is 1. The van der Waals surface area contributed by atoms with Gasteiger partial charge in [-0.05, 0) is 93.5 Å². The Balaban J connectivity index is 1.15. The van der Waals surface area contributed by atoms with Crippen molar-refractivity contribution in [1.82, 2.24) is 14.5 Å². The first-order valence-corrected chi connectivity index (χ1v) is 13.9. The number of nitrogens with zero attached hydrogens (tertiary/aromatic N) is 2. The second-order valence-electron chi connectivity index (χ2n) is 10.6. The molecule has 0 saturated carbocycles. The predicted molar refractivity (Wildman–Crippen MR) is 125 cm³/mol. The third-order valence-electron chi connectivity index (χ3n) is 8.60. The van der Waals surface area contributed by atoms with Crippen LogP contribution >= 0.6 is 0 Å². The predicted octanol–water partition coefficient (Wildman–Crippen LogP) is 2.42. The number of aryl methyl sites for hydroxylation is 2. The van der Waals surface area contributed by atoms with Crippen molar-refractivity contribution in [2.45, 2.75) is 87.6 Å². The van der Waals surface area contributed by atoms with E-state index in [4.69, 9.17) is 0 Å². The van der Waals surface area contributed by atoms with Gasteiger partial charge in [-0.2, -0.15) is 0 Å². The van der Waals surface area contributed by atoms with Gasteiger partial charge in [0.2, 0.25) is 10.0 Å². The molecule has 1 unspecified atom stereocenters. The number of rotatable bonds is 4. The van der Waals surface area contributed by atoms with Gasteiger partial charge in [-0.3, -0.25) is 4.90 Å². The summed E-state index contributed by atoms with van der Waals surface area (Å²) in [7, 11) is -1.57. The molecule has 2 N–H and O–H groups in total. The number of piperidine rings is 1. The number of fused-ring (bicyclic) bond motifs is 4. The van der Waals surface area contributed by atoms with Crippen LogP contribution in [0.3, 0.4) is 0 Å². The lowest BCUT2D eigenvalue weighted by molar-refractivity contribution is 0.000515. The van der Waals surface area contributed by atoms with E-state index in [2.05, 4.69) is 33.0 Å². The summed E-state index contributed by atoms with van der Waals surface area (Å²) in [6, 6.07) is 2.96. The first-order valence-electron chi connectivity index (χ1n) is 12.3. The molecule has 2 aliphatic carbocycles. The fourth-order valence-electron chi connectivity index (χ4n) is 7.19. The molecule has 8 heteroatoms. The van der Waals surface area contributed by atoms with Crippen LogP contribution in [0.1, 0.15) is 60.8 Å². The fraction of sp³-hybridized carbons (Fsp3) is 0.708. The molecule has 0 radical (unpaired) electrons. The lowest BCUT2D eigenvalue weighted by Gasteiger charge is -2.50. The summed E-state index contributed by atoms with van der Waals surface area (Å²) >= 11 is 0. The van der Waals surface area contributed by atoms with E-state index < -0.39 is 21.3 Å².